The molecule has 1 saturated carbocycles. The fraction of sp³-hybridized carbons (Fsp3) is 0.556. The van der Waals surface area contributed by atoms with Gasteiger partial charge in [-0.15, -0.1) is 11.3 Å². The fourth-order valence-corrected chi connectivity index (χ4v) is 4.13. The van der Waals surface area contributed by atoms with Crippen molar-refractivity contribution < 1.29 is 17.9 Å². The zero-order chi connectivity index (χ0) is 12.6. The second kappa shape index (κ2) is 4.35. The molecule has 1 aliphatic rings. The molecule has 1 heterocycles. The van der Waals surface area contributed by atoms with Crippen molar-refractivity contribution in [3.8, 4) is 0 Å². The summed E-state index contributed by atoms with van der Waals surface area (Å²) in [6, 6.07) is 0.0487. The summed E-state index contributed by atoms with van der Waals surface area (Å²) in [5.41, 5.74) is 1.20. The van der Waals surface area contributed by atoms with E-state index in [1.807, 2.05) is 0 Å². The van der Waals surface area contributed by atoms with E-state index in [-0.39, 0.29) is 15.9 Å². The van der Waals surface area contributed by atoms with Crippen LogP contribution in [0.2, 0.25) is 0 Å². The van der Waals surface area contributed by atoms with Gasteiger partial charge < -0.3 is 4.74 Å². The van der Waals surface area contributed by atoms with Gasteiger partial charge in [0.25, 0.3) is 10.0 Å². The number of thiazole rings is 1. The van der Waals surface area contributed by atoms with Gasteiger partial charge in [0, 0.05) is 13.1 Å². The zero-order valence-corrected chi connectivity index (χ0v) is 11.0. The van der Waals surface area contributed by atoms with Crippen LogP contribution in [0.15, 0.2) is 9.72 Å². The predicted molar refractivity (Wildman–Crippen MR) is 61.4 cm³/mol. The lowest BCUT2D eigenvalue weighted by molar-refractivity contribution is 0.0590. The smallest absolute Gasteiger partial charge is 0.358 e. The van der Waals surface area contributed by atoms with Crippen molar-refractivity contribution in [2.24, 2.45) is 0 Å². The molecule has 0 amide bonds. The predicted octanol–water partition coefficient (Wildman–Crippen LogP) is 0.713. The molecular weight excluding hydrogens is 264 g/mol. The Morgan fingerprint density at radius 3 is 2.76 bits per heavy atom. The number of hydrogen-bond donors (Lipinski definition) is 0. The van der Waals surface area contributed by atoms with Gasteiger partial charge in [-0.2, -0.15) is 4.31 Å². The first-order valence-electron chi connectivity index (χ1n) is 4.98. The molecule has 0 N–H and O–H groups in total. The van der Waals surface area contributed by atoms with Crippen LogP contribution in [0.4, 0.5) is 0 Å². The van der Waals surface area contributed by atoms with Crippen LogP contribution in [0, 0.1) is 0 Å². The number of rotatable bonds is 4. The van der Waals surface area contributed by atoms with E-state index < -0.39 is 16.0 Å². The Morgan fingerprint density at radius 1 is 1.59 bits per heavy atom. The van der Waals surface area contributed by atoms with E-state index in [1.54, 1.807) is 0 Å². The van der Waals surface area contributed by atoms with Crippen molar-refractivity contribution in [3.05, 3.63) is 11.2 Å². The Hall–Kier alpha value is -0.990. The largest absolute Gasteiger partial charge is 0.464 e. The van der Waals surface area contributed by atoms with Gasteiger partial charge in [-0.3, -0.25) is 0 Å². The molecule has 1 fully saturated rings. The van der Waals surface area contributed by atoms with E-state index in [9.17, 15) is 13.2 Å². The molecule has 1 aromatic rings. The number of hydrogen-bond acceptors (Lipinski definition) is 6. The zero-order valence-electron chi connectivity index (χ0n) is 9.41. The molecule has 1 aromatic heterocycles. The van der Waals surface area contributed by atoms with Gasteiger partial charge in [0.05, 0.1) is 12.6 Å². The van der Waals surface area contributed by atoms with E-state index in [2.05, 4.69) is 9.72 Å². The first kappa shape index (κ1) is 12.5. The summed E-state index contributed by atoms with van der Waals surface area (Å²) >= 11 is 0.932. The Kier molecular flexibility index (Phi) is 3.19. The molecule has 8 heteroatoms. The van der Waals surface area contributed by atoms with Crippen molar-refractivity contribution in [1.29, 1.82) is 0 Å². The average Bonchev–Trinajstić information content (AvgIpc) is 3.03. The van der Waals surface area contributed by atoms with Gasteiger partial charge in [0.15, 0.2) is 9.90 Å². The highest BCUT2D eigenvalue weighted by atomic mass is 32.2. The maximum atomic E-state index is 12.2. The second-order valence-electron chi connectivity index (χ2n) is 3.73. The van der Waals surface area contributed by atoms with Gasteiger partial charge in [0.2, 0.25) is 0 Å². The average molecular weight is 276 g/mol. The lowest BCUT2D eigenvalue weighted by Gasteiger charge is -2.15. The Balaban J connectivity index is 2.39. The van der Waals surface area contributed by atoms with Gasteiger partial charge >= 0.3 is 5.97 Å². The molecular formula is C9H12N2O4S2. The SMILES string of the molecule is COC(=O)c1ncsc1S(=O)(=O)N(C)C1CC1. The molecule has 0 spiro atoms. The van der Waals surface area contributed by atoms with E-state index >= 15 is 0 Å². The first-order valence-corrected chi connectivity index (χ1v) is 7.30. The molecule has 0 aliphatic heterocycles. The van der Waals surface area contributed by atoms with Gasteiger partial charge in [-0.1, -0.05) is 0 Å². The summed E-state index contributed by atoms with van der Waals surface area (Å²) in [6.45, 7) is 0. The van der Waals surface area contributed by atoms with Crippen LogP contribution >= 0.6 is 11.3 Å². The molecule has 0 atom stereocenters. The highest BCUT2D eigenvalue weighted by Gasteiger charge is 2.38. The summed E-state index contributed by atoms with van der Waals surface area (Å²) in [5.74, 6) is -0.728. The van der Waals surface area contributed by atoms with Crippen LogP contribution in [0.25, 0.3) is 0 Å². The Labute approximate surface area is 103 Å². The second-order valence-corrected chi connectivity index (χ2v) is 6.78. The maximum absolute atomic E-state index is 12.2. The van der Waals surface area contributed by atoms with Crippen LogP contribution in [-0.4, -0.2) is 43.9 Å². The van der Waals surface area contributed by atoms with E-state index in [4.69, 9.17) is 0 Å². The summed E-state index contributed by atoms with van der Waals surface area (Å²) in [5, 5.41) is 0. The van der Waals surface area contributed by atoms with Crippen LogP contribution < -0.4 is 0 Å². The number of carbonyl (C=O) groups is 1. The fourth-order valence-electron chi connectivity index (χ4n) is 1.42. The summed E-state index contributed by atoms with van der Waals surface area (Å²) in [6.07, 6.45) is 1.73. The van der Waals surface area contributed by atoms with Gasteiger partial charge in [-0.05, 0) is 12.8 Å². The third-order valence-corrected chi connectivity index (χ3v) is 5.85. The van der Waals surface area contributed by atoms with Gasteiger partial charge in [-0.25, -0.2) is 18.2 Å². The van der Waals surface area contributed by atoms with E-state index in [1.165, 1.54) is 24.0 Å². The highest BCUT2D eigenvalue weighted by molar-refractivity contribution is 7.91. The lowest BCUT2D eigenvalue weighted by Crippen LogP contribution is -2.29. The molecule has 0 unspecified atom stereocenters. The van der Waals surface area contributed by atoms with Crippen LogP contribution in [-0.2, 0) is 14.8 Å². The van der Waals surface area contributed by atoms with Crippen molar-refractivity contribution in [2.75, 3.05) is 14.2 Å². The van der Waals surface area contributed by atoms with E-state index in [0.29, 0.717) is 0 Å². The monoisotopic (exact) mass is 276 g/mol. The quantitative estimate of drug-likeness (QED) is 0.757. The van der Waals surface area contributed by atoms with Crippen molar-refractivity contribution in [1.82, 2.24) is 9.29 Å². The normalized spacial score (nSPS) is 16.2. The first-order chi connectivity index (χ1) is 7.98. The molecule has 2 rings (SSSR count). The molecule has 6 nitrogen and oxygen atoms in total. The number of methoxy groups -OCH3 is 1. The van der Waals surface area contributed by atoms with Crippen LogP contribution in [0.3, 0.4) is 0 Å². The molecule has 0 saturated heterocycles. The molecule has 94 valence electrons. The number of ether oxygens (including phenoxy) is 1. The number of carbonyl (C=O) groups excluding carboxylic acids is 1. The minimum absolute atomic E-state index is 0.0428. The highest BCUT2D eigenvalue weighted by Crippen LogP contribution is 2.32. The third kappa shape index (κ3) is 2.20. The Morgan fingerprint density at radius 2 is 2.24 bits per heavy atom. The third-order valence-electron chi connectivity index (χ3n) is 2.59. The van der Waals surface area contributed by atoms with Crippen molar-refractivity contribution >= 4 is 27.3 Å². The lowest BCUT2D eigenvalue weighted by atomic mass is 10.5. The number of esters is 1. The number of aromatic nitrogens is 1. The van der Waals surface area contributed by atoms with Crippen LogP contribution in [0.1, 0.15) is 23.3 Å². The molecule has 17 heavy (non-hydrogen) atoms. The molecule has 0 bridgehead atoms. The standard InChI is InChI=1S/C9H12N2O4S2/c1-11(6-3-4-6)17(13,14)9-7(8(12)15-2)10-5-16-9/h5-6H,3-4H2,1-2H3. The van der Waals surface area contributed by atoms with Gasteiger partial charge in [0.1, 0.15) is 0 Å². The summed E-state index contributed by atoms with van der Waals surface area (Å²) in [4.78, 5) is 15.1. The maximum Gasteiger partial charge on any atom is 0.358 e. The molecule has 0 aromatic carbocycles. The molecule has 0 radical (unpaired) electrons. The Bertz CT molecular complexity index is 533. The summed E-state index contributed by atoms with van der Waals surface area (Å²) in [7, 11) is -0.911. The van der Waals surface area contributed by atoms with Crippen LogP contribution in [0.5, 0.6) is 0 Å². The number of nitrogens with zero attached hydrogens (tertiary/aromatic N) is 2. The van der Waals surface area contributed by atoms with Crippen molar-refractivity contribution in [3.63, 3.8) is 0 Å². The topological polar surface area (TPSA) is 76.6 Å². The van der Waals surface area contributed by atoms with E-state index in [0.717, 1.165) is 24.2 Å². The minimum atomic E-state index is -3.63. The van der Waals surface area contributed by atoms with Crippen molar-refractivity contribution in [2.45, 2.75) is 23.1 Å². The number of sulfonamides is 1. The molecule has 1 aliphatic carbocycles. The summed E-state index contributed by atoms with van der Waals surface area (Å²) < 4.78 is 30.2. The minimum Gasteiger partial charge on any atom is -0.464 e.